The van der Waals surface area contributed by atoms with Crippen LogP contribution >= 0.6 is 0 Å². The first kappa shape index (κ1) is 27.2. The van der Waals surface area contributed by atoms with Crippen LogP contribution < -0.4 is 16.0 Å². The number of ether oxygens (including phenoxy) is 1. The molecule has 0 atom stereocenters. The van der Waals surface area contributed by atoms with Crippen LogP contribution in [0.1, 0.15) is 68.4 Å². The van der Waals surface area contributed by atoms with Crippen LogP contribution in [0.4, 0.5) is 22.1 Å². The maximum Gasteiger partial charge on any atom is 0.410 e. The second kappa shape index (κ2) is 11.2. The summed E-state index contributed by atoms with van der Waals surface area (Å²) in [5, 5.41) is 12.4. The summed E-state index contributed by atoms with van der Waals surface area (Å²) in [6, 6.07) is 7.92. The first-order valence-corrected chi connectivity index (χ1v) is 13.0. The van der Waals surface area contributed by atoms with Gasteiger partial charge in [0.2, 0.25) is 0 Å². The number of carbonyl (C=O) groups is 3. The van der Waals surface area contributed by atoms with Crippen LogP contribution in [-0.2, 0) is 9.53 Å². The number of aromatic nitrogens is 2. The zero-order valence-electron chi connectivity index (χ0n) is 22.1. The molecule has 11 heteroatoms. The number of nitrogens with one attached hydrogen (secondary N) is 1. The number of carboxylic acid groups (broad SMARTS) is 1. The highest BCUT2D eigenvalue weighted by atomic mass is 16.6. The summed E-state index contributed by atoms with van der Waals surface area (Å²) in [7, 11) is 0. The van der Waals surface area contributed by atoms with Crippen LogP contribution in [-0.4, -0.2) is 69.7 Å². The molecule has 1 aromatic heterocycles. The lowest BCUT2D eigenvalue weighted by Crippen LogP contribution is -2.41. The molecule has 2 fully saturated rings. The predicted octanol–water partition coefficient (Wildman–Crippen LogP) is 3.73. The molecule has 0 radical (unpaired) electrons. The van der Waals surface area contributed by atoms with Crippen molar-refractivity contribution in [3.8, 4) is 0 Å². The van der Waals surface area contributed by atoms with Crippen molar-refractivity contribution in [1.82, 2.24) is 14.9 Å². The van der Waals surface area contributed by atoms with Gasteiger partial charge in [0.1, 0.15) is 11.4 Å². The Labute approximate surface area is 222 Å². The van der Waals surface area contributed by atoms with E-state index in [9.17, 15) is 19.5 Å². The van der Waals surface area contributed by atoms with Gasteiger partial charge < -0.3 is 30.7 Å². The van der Waals surface area contributed by atoms with Crippen molar-refractivity contribution in [2.75, 3.05) is 36.4 Å². The molecule has 1 aromatic carbocycles. The van der Waals surface area contributed by atoms with Crippen LogP contribution in [0, 0.1) is 5.92 Å². The summed E-state index contributed by atoms with van der Waals surface area (Å²) in [5.41, 5.74) is 6.98. The van der Waals surface area contributed by atoms with Gasteiger partial charge >= 0.3 is 12.1 Å². The highest BCUT2D eigenvalue weighted by Gasteiger charge is 2.28. The number of amides is 2. The normalized spacial score (nSPS) is 17.2. The van der Waals surface area contributed by atoms with Crippen LogP contribution in [0.5, 0.6) is 0 Å². The summed E-state index contributed by atoms with van der Waals surface area (Å²) in [6.07, 6.45) is 3.98. The molecule has 38 heavy (non-hydrogen) atoms. The Kier molecular flexibility index (Phi) is 8.03. The van der Waals surface area contributed by atoms with Gasteiger partial charge in [-0.25, -0.2) is 14.8 Å². The third-order valence-electron chi connectivity index (χ3n) is 6.95. The molecule has 2 aliphatic rings. The van der Waals surface area contributed by atoms with Crippen molar-refractivity contribution >= 4 is 35.3 Å². The zero-order chi connectivity index (χ0) is 27.4. The number of carbonyl (C=O) groups excluding carboxylic acids is 2. The van der Waals surface area contributed by atoms with Crippen LogP contribution in [0.3, 0.4) is 0 Å². The van der Waals surface area contributed by atoms with Crippen molar-refractivity contribution in [1.29, 1.82) is 0 Å². The molecule has 2 amide bonds. The molecule has 3 heterocycles. The molecular formula is C27H36N6O5. The maximum absolute atomic E-state index is 12.3. The Morgan fingerprint density at radius 2 is 1.66 bits per heavy atom. The van der Waals surface area contributed by atoms with Crippen molar-refractivity contribution in [2.45, 2.75) is 58.0 Å². The van der Waals surface area contributed by atoms with E-state index in [1.54, 1.807) is 4.90 Å². The molecule has 4 N–H and O–H groups in total. The van der Waals surface area contributed by atoms with Crippen molar-refractivity contribution in [3.05, 3.63) is 41.7 Å². The fourth-order valence-electron chi connectivity index (χ4n) is 4.85. The second-order valence-corrected chi connectivity index (χ2v) is 10.9. The molecule has 0 bridgehead atoms. The van der Waals surface area contributed by atoms with Gasteiger partial charge in [-0.3, -0.25) is 9.59 Å². The molecule has 0 unspecified atom stereocenters. The number of benzene rings is 1. The summed E-state index contributed by atoms with van der Waals surface area (Å²) in [5.74, 6) is -0.669. The Balaban J connectivity index is 1.40. The van der Waals surface area contributed by atoms with E-state index in [0.717, 1.165) is 18.5 Å². The molecule has 2 saturated heterocycles. The third kappa shape index (κ3) is 6.70. The number of nitrogens with two attached hydrogens (primary N) is 1. The highest BCUT2D eigenvalue weighted by Crippen LogP contribution is 2.31. The first-order chi connectivity index (χ1) is 18.0. The molecule has 0 spiro atoms. The summed E-state index contributed by atoms with van der Waals surface area (Å²) in [6.45, 7) is 7.98. The van der Waals surface area contributed by atoms with E-state index < -0.39 is 17.5 Å². The Hall–Kier alpha value is -3.89. The number of nitrogens with zero attached hydrogens (tertiary/aromatic N) is 4. The Morgan fingerprint density at radius 3 is 2.21 bits per heavy atom. The van der Waals surface area contributed by atoms with E-state index >= 15 is 0 Å². The van der Waals surface area contributed by atoms with Crippen LogP contribution in [0.15, 0.2) is 30.5 Å². The summed E-state index contributed by atoms with van der Waals surface area (Å²) < 4.78 is 5.49. The van der Waals surface area contributed by atoms with Crippen molar-refractivity contribution in [2.24, 2.45) is 11.7 Å². The van der Waals surface area contributed by atoms with Gasteiger partial charge in [0.25, 0.3) is 5.91 Å². The number of primary amides is 1. The topological polar surface area (TPSA) is 151 Å². The molecule has 204 valence electrons. The average molecular weight is 525 g/mol. The SMILES string of the molecule is CC(C)(C)OC(=O)N1CCC(c2ccc(Nc3nc(N4CCC(C(=O)O)CC4)cnc3C(N)=O)cc2)CC1. The van der Waals surface area contributed by atoms with E-state index in [4.69, 9.17) is 10.5 Å². The van der Waals surface area contributed by atoms with Gasteiger partial charge in [0.15, 0.2) is 11.5 Å². The summed E-state index contributed by atoms with van der Waals surface area (Å²) in [4.78, 5) is 48.2. The number of piperidine rings is 2. The Morgan fingerprint density at radius 1 is 1.03 bits per heavy atom. The standard InChI is InChI=1S/C27H36N6O5/c1-27(2,3)38-26(37)33-14-8-18(9-15-33)17-4-6-20(7-5-17)30-24-22(23(28)34)29-16-21(31-24)32-12-10-19(11-13-32)25(35)36/h4-7,16,18-19H,8-15H2,1-3H3,(H2,28,34)(H,30,31)(H,35,36). The van der Waals surface area contributed by atoms with Gasteiger partial charge in [0.05, 0.1) is 12.1 Å². The largest absolute Gasteiger partial charge is 0.481 e. The van der Waals surface area contributed by atoms with Gasteiger partial charge in [-0.1, -0.05) is 12.1 Å². The van der Waals surface area contributed by atoms with E-state index in [0.29, 0.717) is 50.8 Å². The van der Waals surface area contributed by atoms with Crippen molar-refractivity contribution in [3.63, 3.8) is 0 Å². The number of hydrogen-bond donors (Lipinski definition) is 3. The minimum Gasteiger partial charge on any atom is -0.481 e. The maximum atomic E-state index is 12.3. The average Bonchev–Trinajstić information content (AvgIpc) is 2.88. The number of anilines is 3. The number of carboxylic acids is 1. The minimum absolute atomic E-state index is 0.0350. The highest BCUT2D eigenvalue weighted by molar-refractivity contribution is 5.96. The van der Waals surface area contributed by atoms with Gasteiger partial charge in [-0.15, -0.1) is 0 Å². The lowest BCUT2D eigenvalue weighted by molar-refractivity contribution is -0.142. The number of aliphatic carboxylic acids is 1. The quantitative estimate of drug-likeness (QED) is 0.513. The fraction of sp³-hybridized carbons (Fsp3) is 0.519. The van der Waals surface area contributed by atoms with E-state index in [1.165, 1.54) is 11.8 Å². The van der Waals surface area contributed by atoms with Gasteiger partial charge in [0, 0.05) is 31.9 Å². The lowest BCUT2D eigenvalue weighted by atomic mass is 9.89. The Bertz CT molecular complexity index is 1160. The monoisotopic (exact) mass is 524 g/mol. The zero-order valence-corrected chi connectivity index (χ0v) is 22.1. The minimum atomic E-state index is -0.779. The molecule has 0 saturated carbocycles. The predicted molar refractivity (Wildman–Crippen MR) is 143 cm³/mol. The smallest absolute Gasteiger partial charge is 0.410 e. The third-order valence-corrected chi connectivity index (χ3v) is 6.95. The van der Waals surface area contributed by atoms with Gasteiger partial charge in [-0.05, 0) is 70.1 Å². The van der Waals surface area contributed by atoms with E-state index in [2.05, 4.69) is 15.3 Å². The first-order valence-electron chi connectivity index (χ1n) is 13.0. The number of likely N-dealkylation sites (tertiary alicyclic amines) is 1. The molecule has 4 rings (SSSR count). The lowest BCUT2D eigenvalue weighted by Gasteiger charge is -2.33. The van der Waals surface area contributed by atoms with E-state index in [1.807, 2.05) is 49.9 Å². The molecule has 2 aromatic rings. The van der Waals surface area contributed by atoms with Crippen LogP contribution in [0.25, 0.3) is 0 Å². The van der Waals surface area contributed by atoms with Crippen LogP contribution in [0.2, 0.25) is 0 Å². The molecule has 2 aliphatic heterocycles. The van der Waals surface area contributed by atoms with Gasteiger partial charge in [-0.2, -0.15) is 0 Å². The number of hydrogen-bond acceptors (Lipinski definition) is 8. The fourth-order valence-corrected chi connectivity index (χ4v) is 4.85. The van der Waals surface area contributed by atoms with Crippen molar-refractivity contribution < 1.29 is 24.2 Å². The second-order valence-electron chi connectivity index (χ2n) is 10.9. The summed E-state index contributed by atoms with van der Waals surface area (Å²) >= 11 is 0. The number of rotatable bonds is 6. The molecular weight excluding hydrogens is 488 g/mol. The molecule has 11 nitrogen and oxygen atoms in total. The van der Waals surface area contributed by atoms with E-state index in [-0.39, 0.29) is 23.5 Å². The molecule has 0 aliphatic carbocycles.